The number of carbonyl (C=O) groups is 1. The molecule has 1 atom stereocenters. The summed E-state index contributed by atoms with van der Waals surface area (Å²) in [5, 5.41) is 4.33. The van der Waals surface area contributed by atoms with Gasteiger partial charge in [0.2, 0.25) is 0 Å². The van der Waals surface area contributed by atoms with Crippen molar-refractivity contribution in [1.29, 1.82) is 0 Å². The van der Waals surface area contributed by atoms with Crippen LogP contribution in [-0.4, -0.2) is 11.9 Å². The Morgan fingerprint density at radius 1 is 1.39 bits per heavy atom. The van der Waals surface area contributed by atoms with Crippen molar-refractivity contribution in [1.82, 2.24) is 5.32 Å². The molecule has 0 bridgehead atoms. The van der Waals surface area contributed by atoms with Crippen molar-refractivity contribution in [3.63, 3.8) is 0 Å². The SMILES string of the molecule is Cc1c(C(=O)N[C@@H](C)C2CC2)sc2ccccc12. The zero-order valence-electron chi connectivity index (χ0n) is 10.7. The minimum Gasteiger partial charge on any atom is -0.349 e. The van der Waals surface area contributed by atoms with E-state index < -0.39 is 0 Å². The average Bonchev–Trinajstić information content (AvgIpc) is 3.15. The summed E-state index contributed by atoms with van der Waals surface area (Å²) in [5.41, 5.74) is 1.11. The van der Waals surface area contributed by atoms with Gasteiger partial charge in [0.05, 0.1) is 4.88 Å². The minimum absolute atomic E-state index is 0.0908. The summed E-state index contributed by atoms with van der Waals surface area (Å²) in [7, 11) is 0. The van der Waals surface area contributed by atoms with Crippen LogP contribution in [0.5, 0.6) is 0 Å². The Kier molecular flexibility index (Phi) is 2.86. The zero-order valence-corrected chi connectivity index (χ0v) is 11.5. The second-order valence-electron chi connectivity index (χ2n) is 5.15. The number of carbonyl (C=O) groups excluding carboxylic acids is 1. The van der Waals surface area contributed by atoms with Crippen LogP contribution >= 0.6 is 11.3 Å². The average molecular weight is 259 g/mol. The molecule has 0 spiro atoms. The van der Waals surface area contributed by atoms with E-state index in [0.717, 1.165) is 10.4 Å². The summed E-state index contributed by atoms with van der Waals surface area (Å²) < 4.78 is 1.19. The first kappa shape index (κ1) is 11.7. The summed E-state index contributed by atoms with van der Waals surface area (Å²) in [6.45, 7) is 4.15. The molecule has 0 saturated heterocycles. The van der Waals surface area contributed by atoms with Gasteiger partial charge in [0.1, 0.15) is 0 Å². The van der Waals surface area contributed by atoms with Crippen LogP contribution in [0.3, 0.4) is 0 Å². The second-order valence-corrected chi connectivity index (χ2v) is 6.20. The quantitative estimate of drug-likeness (QED) is 0.894. The molecule has 3 rings (SSSR count). The van der Waals surface area contributed by atoms with Gasteiger partial charge in [0.25, 0.3) is 5.91 Å². The third-order valence-corrected chi connectivity index (χ3v) is 5.01. The van der Waals surface area contributed by atoms with Crippen molar-refractivity contribution in [2.24, 2.45) is 5.92 Å². The lowest BCUT2D eigenvalue weighted by Crippen LogP contribution is -2.33. The Morgan fingerprint density at radius 2 is 2.11 bits per heavy atom. The summed E-state index contributed by atoms with van der Waals surface area (Å²) in [6, 6.07) is 8.52. The van der Waals surface area contributed by atoms with E-state index in [4.69, 9.17) is 0 Å². The summed E-state index contributed by atoms with van der Waals surface area (Å²) >= 11 is 1.59. The Hall–Kier alpha value is -1.35. The number of rotatable bonds is 3. The van der Waals surface area contributed by atoms with Gasteiger partial charge >= 0.3 is 0 Å². The number of benzene rings is 1. The van der Waals surface area contributed by atoms with E-state index in [0.29, 0.717) is 12.0 Å². The molecule has 3 heteroatoms. The fourth-order valence-electron chi connectivity index (χ4n) is 2.38. The molecule has 1 saturated carbocycles. The molecule has 1 heterocycles. The first-order valence-electron chi connectivity index (χ1n) is 6.46. The smallest absolute Gasteiger partial charge is 0.261 e. The lowest BCUT2D eigenvalue weighted by atomic mass is 10.1. The first-order valence-corrected chi connectivity index (χ1v) is 7.27. The van der Waals surface area contributed by atoms with E-state index in [9.17, 15) is 4.79 Å². The highest BCUT2D eigenvalue weighted by atomic mass is 32.1. The van der Waals surface area contributed by atoms with Crippen LogP contribution in [0.15, 0.2) is 24.3 Å². The molecule has 18 heavy (non-hydrogen) atoms. The van der Waals surface area contributed by atoms with Crippen LogP contribution in [-0.2, 0) is 0 Å². The molecule has 0 aliphatic heterocycles. The van der Waals surface area contributed by atoms with Gasteiger partial charge in [-0.15, -0.1) is 11.3 Å². The maximum atomic E-state index is 12.3. The van der Waals surface area contributed by atoms with Crippen LogP contribution in [0.4, 0.5) is 0 Å². The second kappa shape index (κ2) is 4.39. The summed E-state index contributed by atoms with van der Waals surface area (Å²) in [5.74, 6) is 0.789. The predicted octanol–water partition coefficient (Wildman–Crippen LogP) is 3.74. The number of nitrogens with one attached hydrogen (secondary N) is 1. The molecule has 1 aromatic heterocycles. The van der Waals surface area contributed by atoms with Crippen LogP contribution in [0.25, 0.3) is 10.1 Å². The molecule has 1 aliphatic carbocycles. The summed E-state index contributed by atoms with van der Waals surface area (Å²) in [6.07, 6.45) is 2.51. The molecule has 94 valence electrons. The molecule has 2 nitrogen and oxygen atoms in total. The first-order chi connectivity index (χ1) is 8.66. The summed E-state index contributed by atoms with van der Waals surface area (Å²) in [4.78, 5) is 13.1. The maximum absolute atomic E-state index is 12.3. The van der Waals surface area contributed by atoms with Crippen molar-refractivity contribution < 1.29 is 4.79 Å². The van der Waals surface area contributed by atoms with Crippen molar-refractivity contribution >= 4 is 27.3 Å². The van der Waals surface area contributed by atoms with E-state index >= 15 is 0 Å². The monoisotopic (exact) mass is 259 g/mol. The number of hydrogen-bond acceptors (Lipinski definition) is 2. The van der Waals surface area contributed by atoms with Gasteiger partial charge in [0.15, 0.2) is 0 Å². The number of aryl methyl sites for hydroxylation is 1. The third kappa shape index (κ3) is 2.03. The van der Waals surface area contributed by atoms with E-state index in [-0.39, 0.29) is 5.91 Å². The Labute approximate surface area is 111 Å². The number of hydrogen-bond donors (Lipinski definition) is 1. The Balaban J connectivity index is 1.88. The normalized spacial score (nSPS) is 16.8. The van der Waals surface area contributed by atoms with Crippen LogP contribution in [0, 0.1) is 12.8 Å². The van der Waals surface area contributed by atoms with Gasteiger partial charge < -0.3 is 5.32 Å². The molecule has 1 fully saturated rings. The van der Waals surface area contributed by atoms with Gasteiger partial charge in [-0.1, -0.05) is 18.2 Å². The maximum Gasteiger partial charge on any atom is 0.261 e. The van der Waals surface area contributed by atoms with Crippen molar-refractivity contribution in [2.75, 3.05) is 0 Å². The van der Waals surface area contributed by atoms with E-state index in [2.05, 4.69) is 24.4 Å². The molecule has 0 radical (unpaired) electrons. The fourth-order valence-corrected chi connectivity index (χ4v) is 3.49. The number of amides is 1. The minimum atomic E-state index is 0.0908. The van der Waals surface area contributed by atoms with E-state index in [1.165, 1.54) is 22.9 Å². The molecule has 1 aliphatic rings. The van der Waals surface area contributed by atoms with E-state index in [1.54, 1.807) is 11.3 Å². The lowest BCUT2D eigenvalue weighted by Gasteiger charge is -2.12. The third-order valence-electron chi connectivity index (χ3n) is 3.74. The van der Waals surface area contributed by atoms with Crippen molar-refractivity contribution in [2.45, 2.75) is 32.7 Å². The van der Waals surface area contributed by atoms with Crippen LogP contribution in [0.2, 0.25) is 0 Å². The topological polar surface area (TPSA) is 29.1 Å². The fraction of sp³-hybridized carbons (Fsp3) is 0.400. The van der Waals surface area contributed by atoms with Gasteiger partial charge in [-0.25, -0.2) is 0 Å². The number of thiophene rings is 1. The predicted molar refractivity (Wildman–Crippen MR) is 76.2 cm³/mol. The molecular weight excluding hydrogens is 242 g/mol. The van der Waals surface area contributed by atoms with Crippen LogP contribution < -0.4 is 5.32 Å². The Bertz CT molecular complexity index is 598. The number of fused-ring (bicyclic) bond motifs is 1. The van der Waals surface area contributed by atoms with Crippen molar-refractivity contribution in [3.8, 4) is 0 Å². The standard InChI is InChI=1S/C15H17NOS/c1-9-12-5-3-4-6-13(12)18-14(9)15(17)16-10(2)11-7-8-11/h3-6,10-11H,7-8H2,1-2H3,(H,16,17)/t10-/m0/s1. The highest BCUT2D eigenvalue weighted by Crippen LogP contribution is 2.34. The van der Waals surface area contributed by atoms with Crippen LogP contribution in [0.1, 0.15) is 35.0 Å². The van der Waals surface area contributed by atoms with Gasteiger partial charge in [0, 0.05) is 10.7 Å². The molecule has 2 aromatic rings. The van der Waals surface area contributed by atoms with Gasteiger partial charge in [-0.05, 0) is 49.6 Å². The van der Waals surface area contributed by atoms with Crippen molar-refractivity contribution in [3.05, 3.63) is 34.7 Å². The lowest BCUT2D eigenvalue weighted by molar-refractivity contribution is 0.0939. The largest absolute Gasteiger partial charge is 0.349 e. The Morgan fingerprint density at radius 3 is 2.78 bits per heavy atom. The molecule has 0 unspecified atom stereocenters. The highest BCUT2D eigenvalue weighted by Gasteiger charge is 2.29. The molecule has 1 N–H and O–H groups in total. The van der Waals surface area contributed by atoms with E-state index in [1.807, 2.05) is 19.1 Å². The molecule has 1 amide bonds. The molecular formula is C15H17NOS. The van der Waals surface area contributed by atoms with Gasteiger partial charge in [-0.3, -0.25) is 4.79 Å². The molecule has 1 aromatic carbocycles. The van der Waals surface area contributed by atoms with Gasteiger partial charge in [-0.2, -0.15) is 0 Å². The zero-order chi connectivity index (χ0) is 12.7. The highest BCUT2D eigenvalue weighted by molar-refractivity contribution is 7.21.